The van der Waals surface area contributed by atoms with Crippen LogP contribution in [-0.2, 0) is 6.61 Å². The number of thiazole rings is 1. The number of amides is 1. The normalized spacial score (nSPS) is 10.4. The van der Waals surface area contributed by atoms with Crippen molar-refractivity contribution in [1.29, 1.82) is 0 Å². The predicted octanol–water partition coefficient (Wildman–Crippen LogP) is 4.27. The topological polar surface area (TPSA) is 60.9 Å². The van der Waals surface area contributed by atoms with E-state index in [1.54, 1.807) is 42.8 Å². The number of hydrogen-bond acceptors (Lipinski definition) is 6. The molecule has 0 radical (unpaired) electrons. The van der Waals surface area contributed by atoms with E-state index in [0.717, 1.165) is 17.9 Å². The summed E-state index contributed by atoms with van der Waals surface area (Å²) in [7, 11) is 3.34. The van der Waals surface area contributed by atoms with Crippen molar-refractivity contribution in [3.8, 4) is 17.2 Å². The van der Waals surface area contributed by atoms with E-state index >= 15 is 0 Å². The van der Waals surface area contributed by atoms with Gasteiger partial charge in [0.25, 0.3) is 5.91 Å². The van der Waals surface area contributed by atoms with Gasteiger partial charge in [0.2, 0.25) is 0 Å². The molecule has 0 saturated carbocycles. The second kappa shape index (κ2) is 10.5. The molecule has 0 spiro atoms. The van der Waals surface area contributed by atoms with Gasteiger partial charge in [-0.25, -0.2) is 4.98 Å². The van der Waals surface area contributed by atoms with Crippen molar-refractivity contribution in [2.45, 2.75) is 13.0 Å². The van der Waals surface area contributed by atoms with Crippen LogP contribution in [0.1, 0.15) is 22.5 Å². The van der Waals surface area contributed by atoms with Crippen molar-refractivity contribution < 1.29 is 19.0 Å². The van der Waals surface area contributed by atoms with Crippen LogP contribution >= 0.6 is 11.3 Å². The molecule has 1 heterocycles. The highest BCUT2D eigenvalue weighted by Gasteiger charge is 2.15. The first-order valence-electron chi connectivity index (χ1n) is 9.28. The Hall–Kier alpha value is -3.06. The molecule has 0 aliphatic rings. The Morgan fingerprint density at radius 2 is 1.93 bits per heavy atom. The molecule has 6 nitrogen and oxygen atoms in total. The average molecular weight is 413 g/mol. The van der Waals surface area contributed by atoms with E-state index in [1.807, 2.05) is 35.7 Å². The Morgan fingerprint density at radius 1 is 1.10 bits per heavy atom. The lowest BCUT2D eigenvalue weighted by molar-refractivity contribution is 0.0787. The fourth-order valence-corrected chi connectivity index (χ4v) is 3.25. The zero-order valence-electron chi connectivity index (χ0n) is 16.5. The minimum absolute atomic E-state index is 0.0749. The van der Waals surface area contributed by atoms with E-state index < -0.39 is 0 Å². The lowest BCUT2D eigenvalue weighted by Gasteiger charge is -2.18. The second-order valence-electron chi connectivity index (χ2n) is 6.38. The summed E-state index contributed by atoms with van der Waals surface area (Å²) in [4.78, 5) is 18.6. The van der Waals surface area contributed by atoms with Gasteiger partial charge in [0, 0.05) is 24.5 Å². The van der Waals surface area contributed by atoms with Crippen LogP contribution in [0.4, 0.5) is 0 Å². The molecule has 0 aliphatic heterocycles. The van der Waals surface area contributed by atoms with Crippen LogP contribution in [0.2, 0.25) is 0 Å². The molecular formula is C22H24N2O4S. The minimum atomic E-state index is -0.0749. The fourth-order valence-electron chi connectivity index (χ4n) is 2.71. The van der Waals surface area contributed by atoms with Crippen LogP contribution in [0, 0.1) is 0 Å². The van der Waals surface area contributed by atoms with Gasteiger partial charge in [0.1, 0.15) is 12.4 Å². The highest BCUT2D eigenvalue weighted by molar-refractivity contribution is 7.07. The zero-order valence-corrected chi connectivity index (χ0v) is 17.4. The Kier molecular flexibility index (Phi) is 7.47. The zero-order chi connectivity index (χ0) is 20.5. The SMILES string of the molecule is COc1cc(C(=O)N(C)CCCOc2ccccc2)ccc1OCc1cscn1. The van der Waals surface area contributed by atoms with E-state index in [9.17, 15) is 4.79 Å². The van der Waals surface area contributed by atoms with Gasteiger partial charge in [-0.2, -0.15) is 0 Å². The summed E-state index contributed by atoms with van der Waals surface area (Å²) in [6.07, 6.45) is 0.739. The van der Waals surface area contributed by atoms with E-state index in [1.165, 1.54) is 11.3 Å². The maximum atomic E-state index is 12.7. The van der Waals surface area contributed by atoms with E-state index in [-0.39, 0.29) is 5.91 Å². The lowest BCUT2D eigenvalue weighted by atomic mass is 10.1. The molecule has 152 valence electrons. The number of para-hydroxylation sites is 1. The molecule has 1 aromatic heterocycles. The first kappa shape index (κ1) is 20.7. The summed E-state index contributed by atoms with van der Waals surface area (Å²) in [5, 5.41) is 1.93. The highest BCUT2D eigenvalue weighted by Crippen LogP contribution is 2.29. The fraction of sp³-hybridized carbons (Fsp3) is 0.273. The molecule has 29 heavy (non-hydrogen) atoms. The van der Waals surface area contributed by atoms with E-state index in [0.29, 0.717) is 36.8 Å². The number of ether oxygens (including phenoxy) is 3. The standard InChI is InChI=1S/C22H24N2O4S/c1-24(11-6-12-27-19-7-4-3-5-8-19)22(25)17-9-10-20(21(13-17)26-2)28-14-18-15-29-16-23-18/h3-5,7-10,13,15-16H,6,11-12,14H2,1-2H3. The monoisotopic (exact) mass is 412 g/mol. The van der Waals surface area contributed by atoms with Gasteiger partial charge in [0.15, 0.2) is 11.5 Å². The number of hydrogen-bond donors (Lipinski definition) is 0. The molecule has 7 heteroatoms. The third kappa shape index (κ3) is 5.96. The average Bonchev–Trinajstić information content (AvgIpc) is 3.29. The Labute approximate surface area is 174 Å². The highest BCUT2D eigenvalue weighted by atomic mass is 32.1. The maximum Gasteiger partial charge on any atom is 0.253 e. The van der Waals surface area contributed by atoms with Gasteiger partial charge in [-0.05, 0) is 36.8 Å². The number of rotatable bonds is 10. The van der Waals surface area contributed by atoms with Gasteiger partial charge in [0.05, 0.1) is 24.9 Å². The number of nitrogens with zero attached hydrogens (tertiary/aromatic N) is 2. The Bertz CT molecular complexity index is 900. The van der Waals surface area contributed by atoms with Crippen LogP contribution in [0.5, 0.6) is 17.2 Å². The van der Waals surface area contributed by atoms with E-state index in [2.05, 4.69) is 4.98 Å². The van der Waals surface area contributed by atoms with Crippen LogP contribution in [0.25, 0.3) is 0 Å². The van der Waals surface area contributed by atoms with Crippen LogP contribution in [0.3, 0.4) is 0 Å². The van der Waals surface area contributed by atoms with Gasteiger partial charge in [-0.1, -0.05) is 18.2 Å². The lowest BCUT2D eigenvalue weighted by Crippen LogP contribution is -2.28. The molecule has 0 fully saturated rings. The number of benzene rings is 2. The van der Waals surface area contributed by atoms with Gasteiger partial charge < -0.3 is 19.1 Å². The molecule has 2 aromatic carbocycles. The van der Waals surface area contributed by atoms with Crippen LogP contribution in [-0.4, -0.2) is 43.1 Å². The Morgan fingerprint density at radius 3 is 2.66 bits per heavy atom. The first-order valence-corrected chi connectivity index (χ1v) is 10.2. The van der Waals surface area contributed by atoms with Crippen molar-refractivity contribution in [3.05, 3.63) is 70.7 Å². The maximum absolute atomic E-state index is 12.7. The van der Waals surface area contributed by atoms with Gasteiger partial charge >= 0.3 is 0 Å². The molecule has 0 bridgehead atoms. The number of methoxy groups -OCH3 is 1. The number of carbonyl (C=O) groups excluding carboxylic acids is 1. The summed E-state index contributed by atoms with van der Waals surface area (Å²) in [5.74, 6) is 1.86. The summed E-state index contributed by atoms with van der Waals surface area (Å²) in [5.41, 5.74) is 3.17. The van der Waals surface area contributed by atoms with Crippen LogP contribution < -0.4 is 14.2 Å². The molecular weight excluding hydrogens is 388 g/mol. The molecule has 0 unspecified atom stereocenters. The summed E-state index contributed by atoms with van der Waals surface area (Å²) >= 11 is 1.52. The summed E-state index contributed by atoms with van der Waals surface area (Å²) in [6, 6.07) is 14.9. The molecule has 0 saturated heterocycles. The summed E-state index contributed by atoms with van der Waals surface area (Å²) in [6.45, 7) is 1.50. The Balaban J connectivity index is 1.52. The second-order valence-corrected chi connectivity index (χ2v) is 7.09. The quantitative estimate of drug-likeness (QED) is 0.466. The molecule has 3 rings (SSSR count). The number of carbonyl (C=O) groups is 1. The molecule has 3 aromatic rings. The molecule has 0 aliphatic carbocycles. The van der Waals surface area contributed by atoms with E-state index in [4.69, 9.17) is 14.2 Å². The summed E-state index contributed by atoms with van der Waals surface area (Å²) < 4.78 is 16.8. The van der Waals surface area contributed by atoms with Crippen LogP contribution in [0.15, 0.2) is 59.4 Å². The third-order valence-corrected chi connectivity index (χ3v) is 4.90. The smallest absolute Gasteiger partial charge is 0.253 e. The number of aromatic nitrogens is 1. The minimum Gasteiger partial charge on any atom is -0.494 e. The largest absolute Gasteiger partial charge is 0.494 e. The third-order valence-electron chi connectivity index (χ3n) is 4.27. The van der Waals surface area contributed by atoms with Crippen molar-refractivity contribution >= 4 is 17.2 Å². The molecule has 0 atom stereocenters. The molecule has 1 amide bonds. The van der Waals surface area contributed by atoms with Crippen molar-refractivity contribution in [2.24, 2.45) is 0 Å². The van der Waals surface area contributed by atoms with Gasteiger partial charge in [-0.15, -0.1) is 11.3 Å². The predicted molar refractivity (Wildman–Crippen MR) is 113 cm³/mol. The van der Waals surface area contributed by atoms with Crippen molar-refractivity contribution in [3.63, 3.8) is 0 Å². The van der Waals surface area contributed by atoms with Crippen molar-refractivity contribution in [1.82, 2.24) is 9.88 Å². The first-order chi connectivity index (χ1) is 14.2. The van der Waals surface area contributed by atoms with Gasteiger partial charge in [-0.3, -0.25) is 4.79 Å². The van der Waals surface area contributed by atoms with Crippen molar-refractivity contribution in [2.75, 3.05) is 27.3 Å². The molecule has 0 N–H and O–H groups in total.